The van der Waals surface area contributed by atoms with E-state index in [1.165, 1.54) is 6.07 Å². The zero-order valence-electron chi connectivity index (χ0n) is 12.1. The second-order valence-corrected chi connectivity index (χ2v) is 5.54. The highest BCUT2D eigenvalue weighted by atomic mass is 19.1. The molecule has 5 heteroatoms. The van der Waals surface area contributed by atoms with Gasteiger partial charge in [-0.1, -0.05) is 12.1 Å². The Morgan fingerprint density at radius 3 is 3.05 bits per heavy atom. The van der Waals surface area contributed by atoms with Crippen molar-refractivity contribution in [1.82, 2.24) is 14.9 Å². The van der Waals surface area contributed by atoms with Gasteiger partial charge in [-0.3, -0.25) is 4.90 Å². The Balaban J connectivity index is 1.56. The maximum Gasteiger partial charge on any atom is 0.129 e. The van der Waals surface area contributed by atoms with Gasteiger partial charge in [0.2, 0.25) is 0 Å². The Hall–Kier alpha value is -2.01. The molecule has 0 saturated carbocycles. The van der Waals surface area contributed by atoms with Crippen LogP contribution in [0.25, 0.3) is 0 Å². The second-order valence-electron chi connectivity index (χ2n) is 5.54. The number of likely N-dealkylation sites (tertiary alicyclic amines) is 1. The van der Waals surface area contributed by atoms with E-state index in [2.05, 4.69) is 20.2 Å². The molecule has 0 bridgehead atoms. The highest BCUT2D eigenvalue weighted by Crippen LogP contribution is 2.17. The number of rotatable bonds is 4. The first kappa shape index (κ1) is 13.9. The van der Waals surface area contributed by atoms with Crippen LogP contribution in [0.1, 0.15) is 17.7 Å². The molecule has 3 rings (SSSR count). The maximum absolute atomic E-state index is 13.2. The summed E-state index contributed by atoms with van der Waals surface area (Å²) in [6, 6.07) is 9.16. The van der Waals surface area contributed by atoms with Crippen LogP contribution in [0.15, 0.2) is 36.7 Å². The van der Waals surface area contributed by atoms with Gasteiger partial charge in [-0.05, 0) is 31.0 Å². The number of nitrogens with one attached hydrogen (secondary N) is 1. The van der Waals surface area contributed by atoms with E-state index in [-0.39, 0.29) is 5.82 Å². The molecule has 2 aromatic rings. The third-order valence-corrected chi connectivity index (χ3v) is 3.72. The molecule has 1 aliphatic rings. The summed E-state index contributed by atoms with van der Waals surface area (Å²) in [5.74, 6) is 0.706. The summed E-state index contributed by atoms with van der Waals surface area (Å²) in [5.41, 5.74) is 1.98. The van der Waals surface area contributed by atoms with E-state index in [0.717, 1.165) is 43.1 Å². The molecule has 110 valence electrons. The Labute approximate surface area is 124 Å². The zero-order valence-corrected chi connectivity index (χ0v) is 12.1. The van der Waals surface area contributed by atoms with E-state index < -0.39 is 0 Å². The van der Waals surface area contributed by atoms with Gasteiger partial charge in [0.15, 0.2) is 0 Å². The molecule has 4 nitrogen and oxygen atoms in total. The van der Waals surface area contributed by atoms with Crippen LogP contribution in [0, 0.1) is 12.7 Å². The van der Waals surface area contributed by atoms with E-state index in [0.29, 0.717) is 6.04 Å². The summed E-state index contributed by atoms with van der Waals surface area (Å²) in [5, 5.41) is 3.44. The average molecular weight is 286 g/mol. The summed E-state index contributed by atoms with van der Waals surface area (Å²) < 4.78 is 13.2. The first-order valence-corrected chi connectivity index (χ1v) is 7.21. The van der Waals surface area contributed by atoms with Crippen LogP contribution in [0.5, 0.6) is 0 Å². The first-order valence-electron chi connectivity index (χ1n) is 7.21. The second kappa shape index (κ2) is 6.18. The van der Waals surface area contributed by atoms with Crippen molar-refractivity contribution in [3.63, 3.8) is 0 Å². The third-order valence-electron chi connectivity index (χ3n) is 3.72. The predicted molar refractivity (Wildman–Crippen MR) is 80.5 cm³/mol. The lowest BCUT2D eigenvalue weighted by Gasteiger charge is -2.17. The number of nitrogens with zero attached hydrogens (tertiary/aromatic N) is 3. The highest BCUT2D eigenvalue weighted by Gasteiger charge is 2.22. The average Bonchev–Trinajstić information content (AvgIpc) is 2.86. The topological polar surface area (TPSA) is 41.0 Å². The third kappa shape index (κ3) is 3.76. The zero-order chi connectivity index (χ0) is 14.7. The largest absolute Gasteiger partial charge is 0.366 e. The van der Waals surface area contributed by atoms with E-state index in [4.69, 9.17) is 0 Å². The van der Waals surface area contributed by atoms with E-state index in [9.17, 15) is 4.39 Å². The minimum Gasteiger partial charge on any atom is -0.366 e. The van der Waals surface area contributed by atoms with Gasteiger partial charge in [0.05, 0.1) is 0 Å². The molecular weight excluding hydrogens is 267 g/mol. The predicted octanol–water partition coefficient (Wildman–Crippen LogP) is 2.61. The van der Waals surface area contributed by atoms with Crippen molar-refractivity contribution in [2.24, 2.45) is 0 Å². The molecule has 0 radical (unpaired) electrons. The SMILES string of the molecule is Cc1cc(NC2CCN(Cc3cccc(F)c3)C2)ncn1. The van der Waals surface area contributed by atoms with Crippen LogP contribution in [0.2, 0.25) is 0 Å². The maximum atomic E-state index is 13.2. The molecule has 1 aromatic heterocycles. The van der Waals surface area contributed by atoms with Crippen molar-refractivity contribution in [3.05, 3.63) is 53.7 Å². The summed E-state index contributed by atoms with van der Waals surface area (Å²) >= 11 is 0. The highest BCUT2D eigenvalue weighted by molar-refractivity contribution is 5.36. The number of aromatic nitrogens is 2. The fourth-order valence-corrected chi connectivity index (χ4v) is 2.73. The molecule has 21 heavy (non-hydrogen) atoms. The molecule has 2 heterocycles. The quantitative estimate of drug-likeness (QED) is 0.938. The fourth-order valence-electron chi connectivity index (χ4n) is 2.73. The molecule has 1 atom stereocenters. The number of halogens is 1. The molecule has 1 aromatic carbocycles. The molecule has 0 amide bonds. The lowest BCUT2D eigenvalue weighted by atomic mass is 10.2. The van der Waals surface area contributed by atoms with E-state index in [1.54, 1.807) is 18.5 Å². The minimum atomic E-state index is -0.169. The van der Waals surface area contributed by atoms with E-state index >= 15 is 0 Å². The van der Waals surface area contributed by atoms with Crippen LogP contribution in [-0.4, -0.2) is 34.0 Å². The van der Waals surface area contributed by atoms with Gasteiger partial charge in [0, 0.05) is 37.4 Å². The molecule has 0 spiro atoms. The summed E-state index contributed by atoms with van der Waals surface area (Å²) in [6.45, 7) is 4.70. The number of aryl methyl sites for hydroxylation is 1. The van der Waals surface area contributed by atoms with Crippen molar-refractivity contribution >= 4 is 5.82 Å². The fraction of sp³-hybridized carbons (Fsp3) is 0.375. The number of hydrogen-bond donors (Lipinski definition) is 1. The van der Waals surface area contributed by atoms with Gasteiger partial charge in [-0.15, -0.1) is 0 Å². The molecular formula is C16H19FN4. The Kier molecular flexibility index (Phi) is 4.10. The summed E-state index contributed by atoms with van der Waals surface area (Å²) in [4.78, 5) is 10.7. The molecule has 0 aliphatic carbocycles. The number of hydrogen-bond acceptors (Lipinski definition) is 4. The normalized spacial score (nSPS) is 18.9. The summed E-state index contributed by atoms with van der Waals surface area (Å²) in [6.07, 6.45) is 2.65. The van der Waals surface area contributed by atoms with Gasteiger partial charge in [-0.2, -0.15) is 0 Å². The Morgan fingerprint density at radius 1 is 1.33 bits per heavy atom. The van der Waals surface area contributed by atoms with Crippen molar-refractivity contribution in [1.29, 1.82) is 0 Å². The first-order chi connectivity index (χ1) is 10.2. The monoisotopic (exact) mass is 286 g/mol. The van der Waals surface area contributed by atoms with Gasteiger partial charge in [0.25, 0.3) is 0 Å². The molecule has 1 unspecified atom stereocenters. The molecule has 1 fully saturated rings. The van der Waals surface area contributed by atoms with Crippen LogP contribution >= 0.6 is 0 Å². The van der Waals surface area contributed by atoms with Crippen LogP contribution in [0.3, 0.4) is 0 Å². The van der Waals surface area contributed by atoms with Gasteiger partial charge < -0.3 is 5.32 Å². The van der Waals surface area contributed by atoms with E-state index in [1.807, 2.05) is 19.1 Å². The van der Waals surface area contributed by atoms with Crippen molar-refractivity contribution in [2.45, 2.75) is 25.9 Å². The standard InChI is InChI=1S/C16H19FN4/c1-12-7-16(19-11-18-12)20-15-5-6-21(10-15)9-13-3-2-4-14(17)8-13/h2-4,7-8,11,15H,5-6,9-10H2,1H3,(H,18,19,20). The lowest BCUT2D eigenvalue weighted by Crippen LogP contribution is -2.26. The number of benzene rings is 1. The Morgan fingerprint density at radius 2 is 2.24 bits per heavy atom. The Bertz CT molecular complexity index is 563. The van der Waals surface area contributed by atoms with Crippen molar-refractivity contribution in [3.8, 4) is 0 Å². The van der Waals surface area contributed by atoms with Gasteiger partial charge >= 0.3 is 0 Å². The lowest BCUT2D eigenvalue weighted by molar-refractivity contribution is 0.328. The molecule has 1 saturated heterocycles. The molecule has 1 aliphatic heterocycles. The van der Waals surface area contributed by atoms with Crippen molar-refractivity contribution < 1.29 is 4.39 Å². The van der Waals surface area contributed by atoms with Crippen LogP contribution in [-0.2, 0) is 6.54 Å². The van der Waals surface area contributed by atoms with Crippen molar-refractivity contribution in [2.75, 3.05) is 18.4 Å². The van der Waals surface area contributed by atoms with Crippen LogP contribution < -0.4 is 5.32 Å². The number of anilines is 1. The smallest absolute Gasteiger partial charge is 0.129 e. The summed E-state index contributed by atoms with van der Waals surface area (Å²) in [7, 11) is 0. The van der Waals surface area contributed by atoms with Gasteiger partial charge in [-0.25, -0.2) is 14.4 Å². The molecule has 1 N–H and O–H groups in total. The minimum absolute atomic E-state index is 0.169. The van der Waals surface area contributed by atoms with Gasteiger partial charge in [0.1, 0.15) is 18.0 Å². The van der Waals surface area contributed by atoms with Crippen LogP contribution in [0.4, 0.5) is 10.2 Å².